The average Bonchev–Trinajstić information content (AvgIpc) is 2.70. The third-order valence-electron chi connectivity index (χ3n) is 4.46. The van der Waals surface area contributed by atoms with Gasteiger partial charge in [-0.05, 0) is 42.7 Å². The molecule has 0 atom stereocenters. The Morgan fingerprint density at radius 1 is 1.07 bits per heavy atom. The molecule has 3 rings (SSSR count). The number of amides is 1. The quantitative estimate of drug-likeness (QED) is 0.562. The maximum atomic E-state index is 12.6. The van der Waals surface area contributed by atoms with Gasteiger partial charge in [0.1, 0.15) is 0 Å². The van der Waals surface area contributed by atoms with Crippen molar-refractivity contribution < 1.29 is 13.2 Å². The van der Waals surface area contributed by atoms with Crippen LogP contribution in [0.1, 0.15) is 18.4 Å². The zero-order chi connectivity index (χ0) is 19.3. The number of carbonyl (C=O) groups is 1. The Morgan fingerprint density at radius 3 is 2.33 bits per heavy atom. The van der Waals surface area contributed by atoms with E-state index >= 15 is 0 Å². The van der Waals surface area contributed by atoms with Crippen LogP contribution < -0.4 is 5.43 Å². The summed E-state index contributed by atoms with van der Waals surface area (Å²) >= 11 is 3.36. The van der Waals surface area contributed by atoms with Crippen LogP contribution in [0.15, 0.2) is 69.1 Å². The summed E-state index contributed by atoms with van der Waals surface area (Å²) in [5, 5.41) is 3.99. The van der Waals surface area contributed by atoms with E-state index in [1.54, 1.807) is 36.5 Å². The fourth-order valence-electron chi connectivity index (χ4n) is 2.91. The van der Waals surface area contributed by atoms with E-state index in [4.69, 9.17) is 0 Å². The van der Waals surface area contributed by atoms with Crippen LogP contribution in [-0.4, -0.2) is 37.9 Å². The van der Waals surface area contributed by atoms with Crippen molar-refractivity contribution in [2.75, 3.05) is 13.1 Å². The number of sulfonamides is 1. The van der Waals surface area contributed by atoms with E-state index in [0.717, 1.165) is 10.0 Å². The van der Waals surface area contributed by atoms with E-state index in [0.29, 0.717) is 25.9 Å². The van der Waals surface area contributed by atoms with Crippen LogP contribution in [0, 0.1) is 5.92 Å². The molecule has 142 valence electrons. The number of nitrogens with zero attached hydrogens (tertiary/aromatic N) is 2. The Labute approximate surface area is 167 Å². The highest BCUT2D eigenvalue weighted by atomic mass is 79.9. The van der Waals surface area contributed by atoms with Crippen molar-refractivity contribution in [2.45, 2.75) is 17.7 Å². The zero-order valence-electron chi connectivity index (χ0n) is 14.6. The van der Waals surface area contributed by atoms with Gasteiger partial charge in [0.15, 0.2) is 0 Å². The Kier molecular flexibility index (Phi) is 6.41. The van der Waals surface area contributed by atoms with Gasteiger partial charge in [-0.25, -0.2) is 13.8 Å². The minimum atomic E-state index is -3.50. The van der Waals surface area contributed by atoms with Crippen molar-refractivity contribution >= 4 is 38.1 Å². The summed E-state index contributed by atoms with van der Waals surface area (Å²) in [5.74, 6) is -0.422. The van der Waals surface area contributed by atoms with Gasteiger partial charge in [-0.1, -0.05) is 46.3 Å². The van der Waals surface area contributed by atoms with Gasteiger partial charge in [-0.15, -0.1) is 0 Å². The standard InChI is InChI=1S/C19H20BrN3O3S/c20-17-8-6-15(7-9-17)14-21-22-19(24)16-10-12-23(13-11-16)27(25,26)18-4-2-1-3-5-18/h1-9,14,16H,10-13H2,(H,22,24)/b21-14-. The van der Waals surface area contributed by atoms with Crippen LogP contribution in [0.25, 0.3) is 0 Å². The average molecular weight is 450 g/mol. The van der Waals surface area contributed by atoms with Crippen LogP contribution >= 0.6 is 15.9 Å². The van der Waals surface area contributed by atoms with E-state index < -0.39 is 10.0 Å². The van der Waals surface area contributed by atoms with Crippen LogP contribution in [0.5, 0.6) is 0 Å². The number of hydrazone groups is 1. The van der Waals surface area contributed by atoms with Gasteiger partial charge in [0.25, 0.3) is 0 Å². The van der Waals surface area contributed by atoms with Crippen LogP contribution in [0.3, 0.4) is 0 Å². The molecule has 2 aromatic rings. The van der Waals surface area contributed by atoms with Crippen LogP contribution in [0.2, 0.25) is 0 Å². The summed E-state index contributed by atoms with van der Waals surface area (Å²) in [4.78, 5) is 12.6. The molecule has 1 aliphatic rings. The largest absolute Gasteiger partial charge is 0.273 e. The van der Waals surface area contributed by atoms with E-state index in [-0.39, 0.29) is 16.7 Å². The second kappa shape index (κ2) is 8.77. The first-order valence-corrected chi connectivity index (χ1v) is 10.8. The molecule has 0 aliphatic carbocycles. The van der Waals surface area contributed by atoms with Crippen molar-refractivity contribution in [2.24, 2.45) is 11.0 Å². The van der Waals surface area contributed by atoms with Gasteiger partial charge in [-0.3, -0.25) is 4.79 Å². The van der Waals surface area contributed by atoms with Crippen molar-refractivity contribution in [1.29, 1.82) is 0 Å². The molecule has 27 heavy (non-hydrogen) atoms. The first kappa shape index (κ1) is 19.7. The molecule has 1 aliphatic heterocycles. The van der Waals surface area contributed by atoms with Crippen molar-refractivity contribution in [3.8, 4) is 0 Å². The molecule has 1 heterocycles. The highest BCUT2D eigenvalue weighted by Crippen LogP contribution is 2.23. The minimum Gasteiger partial charge on any atom is -0.273 e. The molecule has 0 radical (unpaired) electrons. The Balaban J connectivity index is 1.53. The van der Waals surface area contributed by atoms with Crippen LogP contribution in [-0.2, 0) is 14.8 Å². The number of hydrogen-bond acceptors (Lipinski definition) is 4. The lowest BCUT2D eigenvalue weighted by molar-refractivity contribution is -0.126. The van der Waals surface area contributed by atoms with Crippen LogP contribution in [0.4, 0.5) is 0 Å². The summed E-state index contributed by atoms with van der Waals surface area (Å²) in [5.41, 5.74) is 3.43. The van der Waals surface area contributed by atoms with E-state index in [9.17, 15) is 13.2 Å². The third-order valence-corrected chi connectivity index (χ3v) is 6.91. The predicted molar refractivity (Wildman–Crippen MR) is 108 cm³/mol. The summed E-state index contributed by atoms with van der Waals surface area (Å²) in [6.45, 7) is 0.650. The number of halogens is 1. The molecule has 6 nitrogen and oxygen atoms in total. The predicted octanol–water partition coefficient (Wildman–Crippen LogP) is 3.00. The fraction of sp³-hybridized carbons (Fsp3) is 0.263. The second-order valence-corrected chi connectivity index (χ2v) is 9.13. The molecule has 0 aromatic heterocycles. The molecular formula is C19H20BrN3O3S. The smallest absolute Gasteiger partial charge is 0.243 e. The molecule has 2 aromatic carbocycles. The number of benzene rings is 2. The fourth-order valence-corrected chi connectivity index (χ4v) is 4.67. The maximum Gasteiger partial charge on any atom is 0.243 e. The van der Waals surface area contributed by atoms with Gasteiger partial charge in [0, 0.05) is 23.5 Å². The molecule has 1 amide bonds. The number of carbonyl (C=O) groups excluding carboxylic acids is 1. The number of rotatable bonds is 5. The molecule has 1 saturated heterocycles. The molecule has 0 saturated carbocycles. The Hall–Kier alpha value is -2.03. The van der Waals surface area contributed by atoms with Crippen molar-refractivity contribution in [3.05, 3.63) is 64.6 Å². The monoisotopic (exact) mass is 449 g/mol. The number of hydrogen-bond donors (Lipinski definition) is 1. The molecular weight excluding hydrogens is 430 g/mol. The van der Waals surface area contributed by atoms with Gasteiger partial charge in [0.2, 0.25) is 15.9 Å². The molecule has 1 fully saturated rings. The molecule has 0 spiro atoms. The lowest BCUT2D eigenvalue weighted by atomic mass is 9.98. The summed E-state index contributed by atoms with van der Waals surface area (Å²) in [7, 11) is -3.50. The van der Waals surface area contributed by atoms with E-state index in [1.807, 2.05) is 24.3 Å². The SMILES string of the molecule is O=C(N/N=C\c1ccc(Br)cc1)C1CCN(S(=O)(=O)c2ccccc2)CC1. The summed E-state index contributed by atoms with van der Waals surface area (Å²) < 4.78 is 27.6. The van der Waals surface area contributed by atoms with Gasteiger partial charge < -0.3 is 0 Å². The third kappa shape index (κ3) is 5.03. The van der Waals surface area contributed by atoms with Gasteiger partial charge in [0.05, 0.1) is 11.1 Å². The minimum absolute atomic E-state index is 0.180. The first-order chi connectivity index (χ1) is 13.0. The summed E-state index contributed by atoms with van der Waals surface area (Å²) in [6, 6.07) is 15.9. The Morgan fingerprint density at radius 2 is 1.70 bits per heavy atom. The number of nitrogens with one attached hydrogen (secondary N) is 1. The second-order valence-electron chi connectivity index (χ2n) is 6.28. The molecule has 0 unspecified atom stereocenters. The van der Waals surface area contributed by atoms with Gasteiger partial charge in [-0.2, -0.15) is 9.41 Å². The molecule has 8 heteroatoms. The zero-order valence-corrected chi connectivity index (χ0v) is 17.0. The van der Waals surface area contributed by atoms with Gasteiger partial charge >= 0.3 is 0 Å². The normalized spacial score (nSPS) is 16.5. The first-order valence-electron chi connectivity index (χ1n) is 8.60. The maximum absolute atomic E-state index is 12.6. The highest BCUT2D eigenvalue weighted by molar-refractivity contribution is 9.10. The van der Waals surface area contributed by atoms with Crippen molar-refractivity contribution in [1.82, 2.24) is 9.73 Å². The van der Waals surface area contributed by atoms with E-state index in [1.165, 1.54) is 4.31 Å². The highest BCUT2D eigenvalue weighted by Gasteiger charge is 2.31. The molecule has 1 N–H and O–H groups in total. The lowest BCUT2D eigenvalue weighted by Gasteiger charge is -2.30. The van der Waals surface area contributed by atoms with E-state index in [2.05, 4.69) is 26.5 Å². The number of piperidine rings is 1. The topological polar surface area (TPSA) is 78.8 Å². The lowest BCUT2D eigenvalue weighted by Crippen LogP contribution is -2.42. The summed E-state index contributed by atoms with van der Waals surface area (Å²) in [6.07, 6.45) is 2.54. The molecule has 0 bridgehead atoms. The Bertz CT molecular complexity index is 907. The van der Waals surface area contributed by atoms with Crippen molar-refractivity contribution in [3.63, 3.8) is 0 Å².